The molecule has 1 fully saturated rings. The van der Waals surface area contributed by atoms with E-state index in [0.717, 1.165) is 33.7 Å². The van der Waals surface area contributed by atoms with Crippen LogP contribution in [0.4, 0.5) is 0 Å². The van der Waals surface area contributed by atoms with E-state index in [-0.39, 0.29) is 18.3 Å². The lowest BCUT2D eigenvalue weighted by Crippen LogP contribution is -2.41. The van der Waals surface area contributed by atoms with Gasteiger partial charge in [-0.3, -0.25) is 9.97 Å². The molecule has 1 aromatic carbocycles. The lowest BCUT2D eigenvalue weighted by Gasteiger charge is -2.32. The van der Waals surface area contributed by atoms with Gasteiger partial charge in [0.1, 0.15) is 0 Å². The molecule has 0 saturated carbocycles. The van der Waals surface area contributed by atoms with Crippen LogP contribution in [0.5, 0.6) is 0 Å². The second kappa shape index (κ2) is 6.84. The summed E-state index contributed by atoms with van der Waals surface area (Å²) in [4.78, 5) is 9.13. The zero-order valence-corrected chi connectivity index (χ0v) is 17.1. The first-order valence-corrected chi connectivity index (χ1v) is 9.61. The molecule has 0 unspecified atom stereocenters. The van der Waals surface area contributed by atoms with Crippen molar-refractivity contribution in [3.63, 3.8) is 0 Å². The van der Waals surface area contributed by atoms with Gasteiger partial charge in [-0.05, 0) is 63.8 Å². The second-order valence-electron chi connectivity index (χ2n) is 8.31. The van der Waals surface area contributed by atoms with Crippen molar-refractivity contribution in [2.24, 2.45) is 0 Å². The number of hydrogen-bond donors (Lipinski definition) is 0. The summed E-state index contributed by atoms with van der Waals surface area (Å²) in [5, 5.41) is 0. The van der Waals surface area contributed by atoms with Crippen molar-refractivity contribution in [3.05, 3.63) is 66.5 Å². The van der Waals surface area contributed by atoms with Crippen LogP contribution >= 0.6 is 0 Å². The summed E-state index contributed by atoms with van der Waals surface area (Å²) < 4.78 is 12.3. The third kappa shape index (κ3) is 3.48. The normalized spacial score (nSPS) is 17.7. The van der Waals surface area contributed by atoms with E-state index in [1.807, 2.05) is 37.4 Å². The molecule has 1 aliphatic heterocycles. The third-order valence-corrected chi connectivity index (χ3v) is 5.68. The SMILES string of the molecule is Cc1cccc(-c2ccc(-c3ccc(B4OC(C)(C)C(C)(C)O4)cc3)cn2)n1. The third-order valence-electron chi connectivity index (χ3n) is 5.68. The van der Waals surface area contributed by atoms with E-state index < -0.39 is 0 Å². The van der Waals surface area contributed by atoms with Crippen LogP contribution in [0.2, 0.25) is 0 Å². The topological polar surface area (TPSA) is 44.2 Å². The van der Waals surface area contributed by atoms with Crippen LogP contribution < -0.4 is 5.46 Å². The Morgan fingerprint density at radius 1 is 0.750 bits per heavy atom. The molecule has 4 rings (SSSR count). The van der Waals surface area contributed by atoms with Gasteiger partial charge in [-0.1, -0.05) is 36.4 Å². The van der Waals surface area contributed by atoms with E-state index in [9.17, 15) is 0 Å². The summed E-state index contributed by atoms with van der Waals surface area (Å²) in [6, 6.07) is 18.4. The molecule has 0 bridgehead atoms. The van der Waals surface area contributed by atoms with E-state index in [1.165, 1.54) is 0 Å². The summed E-state index contributed by atoms with van der Waals surface area (Å²) >= 11 is 0. The second-order valence-corrected chi connectivity index (χ2v) is 8.31. The molecule has 0 amide bonds. The molecular weight excluding hydrogens is 347 g/mol. The maximum absolute atomic E-state index is 6.13. The molecule has 0 spiro atoms. The minimum absolute atomic E-state index is 0.333. The van der Waals surface area contributed by atoms with Crippen molar-refractivity contribution >= 4 is 12.6 Å². The van der Waals surface area contributed by atoms with Gasteiger partial charge in [0, 0.05) is 17.5 Å². The maximum Gasteiger partial charge on any atom is 0.494 e. The molecule has 0 radical (unpaired) electrons. The number of pyridine rings is 2. The van der Waals surface area contributed by atoms with Crippen LogP contribution in [0.1, 0.15) is 33.4 Å². The summed E-state index contributed by atoms with van der Waals surface area (Å²) in [7, 11) is -0.341. The molecule has 3 heterocycles. The first-order chi connectivity index (χ1) is 13.2. The van der Waals surface area contributed by atoms with Gasteiger partial charge in [0.15, 0.2) is 0 Å². The highest BCUT2D eigenvalue weighted by Crippen LogP contribution is 2.36. The Kier molecular flexibility index (Phi) is 4.60. The number of aryl methyl sites for hydroxylation is 1. The van der Waals surface area contributed by atoms with Gasteiger partial charge in [0.25, 0.3) is 0 Å². The van der Waals surface area contributed by atoms with Gasteiger partial charge in [-0.25, -0.2) is 0 Å². The Morgan fingerprint density at radius 3 is 1.96 bits per heavy atom. The highest BCUT2D eigenvalue weighted by Gasteiger charge is 2.51. The Hall–Kier alpha value is -2.50. The summed E-state index contributed by atoms with van der Waals surface area (Å²) in [6.07, 6.45) is 1.89. The van der Waals surface area contributed by atoms with Crippen molar-refractivity contribution in [1.82, 2.24) is 9.97 Å². The van der Waals surface area contributed by atoms with Gasteiger partial charge in [0.05, 0.1) is 22.6 Å². The fraction of sp³-hybridized carbons (Fsp3) is 0.304. The molecule has 0 atom stereocenters. The predicted octanol–water partition coefficient (Wildman–Crippen LogP) is 4.42. The van der Waals surface area contributed by atoms with Crippen molar-refractivity contribution < 1.29 is 9.31 Å². The van der Waals surface area contributed by atoms with Gasteiger partial charge in [0.2, 0.25) is 0 Å². The average Bonchev–Trinajstić information content (AvgIpc) is 2.89. The molecule has 4 nitrogen and oxygen atoms in total. The predicted molar refractivity (Wildman–Crippen MR) is 113 cm³/mol. The summed E-state index contributed by atoms with van der Waals surface area (Å²) in [6.45, 7) is 10.3. The lowest BCUT2D eigenvalue weighted by molar-refractivity contribution is 0.00578. The maximum atomic E-state index is 6.13. The lowest BCUT2D eigenvalue weighted by atomic mass is 9.78. The molecule has 0 aliphatic carbocycles. The molecule has 0 N–H and O–H groups in total. The van der Waals surface area contributed by atoms with Crippen molar-refractivity contribution in [3.8, 4) is 22.5 Å². The number of hydrogen-bond acceptors (Lipinski definition) is 4. The van der Waals surface area contributed by atoms with Crippen molar-refractivity contribution in [1.29, 1.82) is 0 Å². The Bertz CT molecular complexity index is 966. The van der Waals surface area contributed by atoms with E-state index in [4.69, 9.17) is 9.31 Å². The molecule has 28 heavy (non-hydrogen) atoms. The summed E-state index contributed by atoms with van der Waals surface area (Å²) in [5.74, 6) is 0. The van der Waals surface area contributed by atoms with Crippen LogP contribution in [-0.4, -0.2) is 28.3 Å². The van der Waals surface area contributed by atoms with E-state index in [2.05, 4.69) is 68.0 Å². The first kappa shape index (κ1) is 18.8. The number of rotatable bonds is 3. The quantitative estimate of drug-likeness (QED) is 0.639. The van der Waals surface area contributed by atoms with E-state index in [1.54, 1.807) is 0 Å². The first-order valence-electron chi connectivity index (χ1n) is 9.61. The minimum Gasteiger partial charge on any atom is -0.399 e. The van der Waals surface area contributed by atoms with E-state index in [0.29, 0.717) is 0 Å². The van der Waals surface area contributed by atoms with Crippen LogP contribution in [0.3, 0.4) is 0 Å². The molecule has 2 aromatic heterocycles. The van der Waals surface area contributed by atoms with Crippen molar-refractivity contribution in [2.75, 3.05) is 0 Å². The molecule has 1 aliphatic rings. The Labute approximate surface area is 167 Å². The molecule has 142 valence electrons. The molecule has 5 heteroatoms. The standard InChI is InChI=1S/C23H25BN2O2/c1-16-7-6-8-21(26-16)20-14-11-18(15-25-20)17-9-12-19(13-10-17)24-27-22(2,3)23(4,5)28-24/h6-15H,1-5H3. The van der Waals surface area contributed by atoms with Gasteiger partial charge in [-0.2, -0.15) is 0 Å². The number of nitrogens with zero attached hydrogens (tertiary/aromatic N) is 2. The fourth-order valence-electron chi connectivity index (χ4n) is 3.21. The van der Waals surface area contributed by atoms with E-state index >= 15 is 0 Å². The monoisotopic (exact) mass is 372 g/mol. The van der Waals surface area contributed by atoms with Crippen molar-refractivity contribution in [2.45, 2.75) is 45.8 Å². The smallest absolute Gasteiger partial charge is 0.399 e. The van der Waals surface area contributed by atoms with Crippen LogP contribution in [-0.2, 0) is 9.31 Å². The molecule has 3 aromatic rings. The Morgan fingerprint density at radius 2 is 1.39 bits per heavy atom. The van der Waals surface area contributed by atoms with Crippen LogP contribution in [0.15, 0.2) is 60.8 Å². The highest BCUT2D eigenvalue weighted by atomic mass is 16.7. The molecular formula is C23H25BN2O2. The highest BCUT2D eigenvalue weighted by molar-refractivity contribution is 6.62. The average molecular weight is 372 g/mol. The Balaban J connectivity index is 1.53. The zero-order valence-electron chi connectivity index (χ0n) is 17.1. The van der Waals surface area contributed by atoms with Gasteiger partial charge < -0.3 is 9.31 Å². The zero-order chi connectivity index (χ0) is 19.9. The number of benzene rings is 1. The van der Waals surface area contributed by atoms with Gasteiger partial charge in [-0.15, -0.1) is 0 Å². The fourth-order valence-corrected chi connectivity index (χ4v) is 3.21. The summed E-state index contributed by atoms with van der Waals surface area (Å²) in [5.41, 5.74) is 5.29. The largest absolute Gasteiger partial charge is 0.494 e. The number of aromatic nitrogens is 2. The van der Waals surface area contributed by atoms with Crippen LogP contribution in [0, 0.1) is 6.92 Å². The molecule has 1 saturated heterocycles. The van der Waals surface area contributed by atoms with Gasteiger partial charge >= 0.3 is 7.12 Å². The van der Waals surface area contributed by atoms with Crippen LogP contribution in [0.25, 0.3) is 22.5 Å². The minimum atomic E-state index is -0.341.